The summed E-state index contributed by atoms with van der Waals surface area (Å²) in [5, 5.41) is 23.5. The third-order valence-electron chi connectivity index (χ3n) is 13.5. The highest BCUT2D eigenvalue weighted by atomic mass is 16.6. The van der Waals surface area contributed by atoms with Crippen LogP contribution in [0.2, 0.25) is 0 Å². The van der Waals surface area contributed by atoms with Gasteiger partial charge in [-0.05, 0) is 90.3 Å². The van der Waals surface area contributed by atoms with Crippen molar-refractivity contribution in [3.63, 3.8) is 0 Å². The summed E-state index contributed by atoms with van der Waals surface area (Å²) < 4.78 is 5.74. The number of hydrogen-bond acceptors (Lipinski definition) is 4. The fourth-order valence-electron chi connectivity index (χ4n) is 11.5. The Morgan fingerprint density at radius 3 is 2.28 bits per heavy atom. The predicted molar refractivity (Wildman–Crippen MR) is 143 cm³/mol. The van der Waals surface area contributed by atoms with Crippen LogP contribution in [0.3, 0.4) is 0 Å². The Bertz CT molecular complexity index is 954. The maximum absolute atomic E-state index is 12.1. The Hall–Kier alpha value is -0.870. The molecular weight excluding hydrogens is 448 g/mol. The van der Waals surface area contributed by atoms with Crippen LogP contribution in [0.25, 0.3) is 0 Å². The van der Waals surface area contributed by atoms with Crippen molar-refractivity contribution in [1.29, 1.82) is 0 Å². The maximum Gasteiger partial charge on any atom is 0.303 e. The highest BCUT2D eigenvalue weighted by Gasteiger charge is 2.71. The number of esters is 1. The van der Waals surface area contributed by atoms with Gasteiger partial charge in [0, 0.05) is 18.3 Å². The van der Waals surface area contributed by atoms with Crippen molar-refractivity contribution < 1.29 is 19.7 Å². The van der Waals surface area contributed by atoms with Gasteiger partial charge < -0.3 is 14.9 Å². The minimum absolute atomic E-state index is 0.0342. The number of hydrogen-bond donors (Lipinski definition) is 2. The molecule has 0 amide bonds. The third kappa shape index (κ3) is 3.28. The van der Waals surface area contributed by atoms with E-state index < -0.39 is 18.3 Å². The molecule has 4 heteroatoms. The number of carbonyl (C=O) groups excluding carboxylic acids is 1. The third-order valence-corrected chi connectivity index (χ3v) is 13.5. The summed E-state index contributed by atoms with van der Waals surface area (Å²) in [7, 11) is 0. The van der Waals surface area contributed by atoms with Crippen LogP contribution >= 0.6 is 0 Å². The van der Waals surface area contributed by atoms with Gasteiger partial charge in [-0.2, -0.15) is 0 Å². The van der Waals surface area contributed by atoms with Gasteiger partial charge in [0.2, 0.25) is 0 Å². The second kappa shape index (κ2) is 8.07. The lowest BCUT2D eigenvalue weighted by atomic mass is 9.33. The lowest BCUT2D eigenvalue weighted by Crippen LogP contribution is -2.69. The molecule has 0 spiro atoms. The van der Waals surface area contributed by atoms with Gasteiger partial charge in [-0.1, -0.05) is 67.0 Å². The molecule has 0 bridgehead atoms. The summed E-state index contributed by atoms with van der Waals surface area (Å²) in [6.45, 7) is 20.5. The van der Waals surface area contributed by atoms with Crippen LogP contribution in [-0.4, -0.2) is 34.5 Å². The number of aliphatic hydroxyl groups excluding tert-OH is 2. The van der Waals surface area contributed by atoms with Gasteiger partial charge in [-0.3, -0.25) is 4.79 Å². The van der Waals surface area contributed by atoms with E-state index in [4.69, 9.17) is 4.74 Å². The molecule has 4 fully saturated rings. The first-order chi connectivity index (χ1) is 16.5. The highest BCUT2D eigenvalue weighted by Crippen LogP contribution is 2.75. The molecule has 2 N–H and O–H groups in total. The van der Waals surface area contributed by atoms with Crippen molar-refractivity contribution in [2.45, 2.75) is 126 Å². The summed E-state index contributed by atoms with van der Waals surface area (Å²) in [5.74, 6) is 1.91. The molecule has 4 saturated carbocycles. The number of rotatable bonds is 1. The van der Waals surface area contributed by atoms with E-state index in [9.17, 15) is 15.0 Å². The zero-order valence-corrected chi connectivity index (χ0v) is 24.4. The molecule has 5 aliphatic carbocycles. The quantitative estimate of drug-likeness (QED) is 0.317. The van der Waals surface area contributed by atoms with Gasteiger partial charge in [0.15, 0.2) is 0 Å². The Morgan fingerprint density at radius 1 is 0.972 bits per heavy atom. The molecule has 0 aliphatic heterocycles. The Kier molecular flexibility index (Phi) is 5.99. The predicted octanol–water partition coefficient (Wildman–Crippen LogP) is 6.54. The Balaban J connectivity index is 1.61. The lowest BCUT2D eigenvalue weighted by Gasteiger charge is -2.72. The molecule has 4 nitrogen and oxygen atoms in total. The number of fused-ring (bicyclic) bond motifs is 7. The molecular formula is C32H52O4. The topological polar surface area (TPSA) is 66.8 Å². The van der Waals surface area contributed by atoms with Gasteiger partial charge in [-0.15, -0.1) is 0 Å². The molecule has 5 rings (SSSR count). The van der Waals surface area contributed by atoms with E-state index in [1.165, 1.54) is 32.6 Å². The first kappa shape index (κ1) is 26.7. The van der Waals surface area contributed by atoms with E-state index in [1.807, 2.05) is 0 Å². The number of ether oxygens (including phenoxy) is 1. The maximum atomic E-state index is 12.1. The molecule has 0 aromatic carbocycles. The second-order valence-corrected chi connectivity index (χ2v) is 15.6. The van der Waals surface area contributed by atoms with Gasteiger partial charge in [-0.25, -0.2) is 0 Å². The average Bonchev–Trinajstić information content (AvgIpc) is 2.75. The van der Waals surface area contributed by atoms with E-state index in [0.29, 0.717) is 23.7 Å². The SMILES string of the molecule is CC(=O)OC1C(O)CC2(C)C(CCC3(C)C2C(O)C=C2C4C(C)C(C)CCC4(C)CCC23C)C1(C)C. The summed E-state index contributed by atoms with van der Waals surface area (Å²) in [4.78, 5) is 11.9. The number of aliphatic hydroxyl groups is 2. The summed E-state index contributed by atoms with van der Waals surface area (Å²) in [5.41, 5.74) is 1.32. The standard InChI is InChI=1S/C32H52O4/c1-18-10-12-29(6)14-15-31(8)21(25(29)19(18)2)16-22(34)26-30(7)17-23(35)27(36-20(3)33)28(4,5)24(30)11-13-32(26,31)9/h16,18-19,22-27,34-35H,10-15,17H2,1-9H3. The van der Waals surface area contributed by atoms with Crippen molar-refractivity contribution in [2.24, 2.45) is 56.7 Å². The van der Waals surface area contributed by atoms with Crippen LogP contribution in [0.4, 0.5) is 0 Å². The molecule has 0 aromatic heterocycles. The molecule has 0 aromatic rings. The van der Waals surface area contributed by atoms with Crippen molar-refractivity contribution in [3.05, 3.63) is 11.6 Å². The molecule has 12 atom stereocenters. The van der Waals surface area contributed by atoms with E-state index >= 15 is 0 Å². The van der Waals surface area contributed by atoms with Crippen LogP contribution in [0, 0.1) is 56.7 Å². The van der Waals surface area contributed by atoms with Crippen LogP contribution in [-0.2, 0) is 9.53 Å². The molecule has 36 heavy (non-hydrogen) atoms. The van der Waals surface area contributed by atoms with Crippen LogP contribution in [0.5, 0.6) is 0 Å². The normalized spacial score (nSPS) is 55.8. The first-order valence-electron chi connectivity index (χ1n) is 14.8. The molecule has 5 aliphatic rings. The highest BCUT2D eigenvalue weighted by molar-refractivity contribution is 5.66. The van der Waals surface area contributed by atoms with Gasteiger partial charge in [0.25, 0.3) is 0 Å². The molecule has 0 heterocycles. The minimum Gasteiger partial charge on any atom is -0.459 e. The fourth-order valence-corrected chi connectivity index (χ4v) is 11.5. The Morgan fingerprint density at radius 2 is 1.64 bits per heavy atom. The van der Waals surface area contributed by atoms with E-state index in [1.54, 1.807) is 5.57 Å². The number of carbonyl (C=O) groups is 1. The Labute approximate surface area is 219 Å². The van der Waals surface area contributed by atoms with Gasteiger partial charge in [0.1, 0.15) is 6.10 Å². The van der Waals surface area contributed by atoms with E-state index in [0.717, 1.165) is 18.8 Å². The van der Waals surface area contributed by atoms with Crippen LogP contribution in [0.1, 0.15) is 107 Å². The van der Waals surface area contributed by atoms with Crippen molar-refractivity contribution in [2.75, 3.05) is 0 Å². The lowest BCUT2D eigenvalue weighted by molar-refractivity contribution is -0.252. The van der Waals surface area contributed by atoms with Gasteiger partial charge >= 0.3 is 5.97 Å². The molecule has 0 radical (unpaired) electrons. The fraction of sp³-hybridized carbons (Fsp3) is 0.906. The molecule has 204 valence electrons. The van der Waals surface area contributed by atoms with Crippen LogP contribution in [0.15, 0.2) is 11.6 Å². The van der Waals surface area contributed by atoms with Crippen molar-refractivity contribution in [1.82, 2.24) is 0 Å². The van der Waals surface area contributed by atoms with Crippen molar-refractivity contribution >= 4 is 5.97 Å². The monoisotopic (exact) mass is 500 g/mol. The van der Waals surface area contributed by atoms with E-state index in [-0.39, 0.29) is 39.5 Å². The summed E-state index contributed by atoms with van der Waals surface area (Å²) in [6.07, 6.45) is 8.35. The largest absolute Gasteiger partial charge is 0.459 e. The smallest absolute Gasteiger partial charge is 0.303 e. The minimum atomic E-state index is -0.716. The van der Waals surface area contributed by atoms with E-state index in [2.05, 4.69) is 61.5 Å². The first-order valence-corrected chi connectivity index (χ1v) is 14.8. The van der Waals surface area contributed by atoms with Gasteiger partial charge in [0.05, 0.1) is 12.2 Å². The zero-order chi connectivity index (χ0) is 26.6. The summed E-state index contributed by atoms with van der Waals surface area (Å²) >= 11 is 0. The van der Waals surface area contributed by atoms with Crippen LogP contribution < -0.4 is 0 Å². The molecule has 0 saturated heterocycles. The zero-order valence-electron chi connectivity index (χ0n) is 24.4. The van der Waals surface area contributed by atoms with Crippen molar-refractivity contribution in [3.8, 4) is 0 Å². The number of allylic oxidation sites excluding steroid dienone is 1. The molecule has 12 unspecified atom stereocenters. The summed E-state index contributed by atoms with van der Waals surface area (Å²) in [6, 6.07) is 0. The average molecular weight is 501 g/mol. The second-order valence-electron chi connectivity index (χ2n) is 15.6.